The molecule has 0 radical (unpaired) electrons. The summed E-state index contributed by atoms with van der Waals surface area (Å²) in [5, 5.41) is 2.75. The van der Waals surface area contributed by atoms with E-state index in [-0.39, 0.29) is 15.8 Å². The van der Waals surface area contributed by atoms with E-state index in [0.29, 0.717) is 30.9 Å². The first-order valence-electron chi connectivity index (χ1n) is 12.7. The van der Waals surface area contributed by atoms with Gasteiger partial charge in [0.2, 0.25) is 20.0 Å². The van der Waals surface area contributed by atoms with Crippen molar-refractivity contribution in [1.82, 2.24) is 13.6 Å². The van der Waals surface area contributed by atoms with Crippen molar-refractivity contribution in [2.45, 2.75) is 47.9 Å². The molecular weight excluding hydrogens is 524 g/mol. The van der Waals surface area contributed by atoms with E-state index >= 15 is 0 Å². The zero-order valence-corrected chi connectivity index (χ0v) is 22.5. The average Bonchev–Trinajstić information content (AvgIpc) is 3.50. The molecule has 1 amide bonds. The summed E-state index contributed by atoms with van der Waals surface area (Å²) in [6, 6.07) is 15.4. The van der Waals surface area contributed by atoms with E-state index in [1.807, 2.05) is 12.1 Å². The lowest BCUT2D eigenvalue weighted by Gasteiger charge is -2.34. The molecule has 0 spiro atoms. The molecule has 2 saturated heterocycles. The number of hydrogen-bond donors (Lipinski definition) is 1. The van der Waals surface area contributed by atoms with E-state index in [2.05, 4.69) is 10.3 Å². The van der Waals surface area contributed by atoms with E-state index in [1.165, 1.54) is 40.7 Å². The number of piperidine rings is 1. The number of anilines is 1. The zero-order valence-electron chi connectivity index (χ0n) is 20.9. The van der Waals surface area contributed by atoms with Crippen molar-refractivity contribution >= 4 is 31.6 Å². The maximum Gasteiger partial charge on any atom is 0.255 e. The summed E-state index contributed by atoms with van der Waals surface area (Å²) >= 11 is 0. The molecule has 1 N–H and O–H groups in total. The molecule has 2 aromatic carbocycles. The van der Waals surface area contributed by atoms with E-state index in [1.54, 1.807) is 28.8 Å². The minimum Gasteiger partial charge on any atom is -0.322 e. The third-order valence-corrected chi connectivity index (χ3v) is 10.9. The second-order valence-electron chi connectivity index (χ2n) is 9.53. The fourth-order valence-corrected chi connectivity index (χ4v) is 8.20. The van der Waals surface area contributed by atoms with Crippen LogP contribution < -0.4 is 5.32 Å². The smallest absolute Gasteiger partial charge is 0.255 e. The number of aromatic nitrogens is 1. The molecule has 5 rings (SSSR count). The van der Waals surface area contributed by atoms with E-state index < -0.39 is 26.0 Å². The summed E-state index contributed by atoms with van der Waals surface area (Å²) in [7, 11) is -7.30. The van der Waals surface area contributed by atoms with Crippen molar-refractivity contribution in [3.8, 4) is 0 Å². The average molecular weight is 555 g/mol. The van der Waals surface area contributed by atoms with Gasteiger partial charge in [-0.05, 0) is 85.8 Å². The van der Waals surface area contributed by atoms with Gasteiger partial charge in [-0.3, -0.25) is 9.78 Å². The largest absolute Gasteiger partial charge is 0.322 e. The van der Waals surface area contributed by atoms with Gasteiger partial charge in [-0.2, -0.15) is 8.61 Å². The number of amides is 1. The van der Waals surface area contributed by atoms with Crippen molar-refractivity contribution in [3.63, 3.8) is 0 Å². The molecule has 0 unspecified atom stereocenters. The van der Waals surface area contributed by atoms with Crippen LogP contribution in [0.2, 0.25) is 0 Å². The van der Waals surface area contributed by atoms with Crippen LogP contribution >= 0.6 is 0 Å². The molecule has 11 heteroatoms. The topological polar surface area (TPSA) is 117 Å². The van der Waals surface area contributed by atoms with Gasteiger partial charge in [0, 0.05) is 43.3 Å². The number of nitrogens with zero attached hydrogens (tertiary/aromatic N) is 3. The molecule has 38 heavy (non-hydrogen) atoms. The molecule has 0 bridgehead atoms. The number of nitrogens with one attached hydrogen (secondary N) is 1. The number of pyridine rings is 1. The van der Waals surface area contributed by atoms with Crippen LogP contribution in [0.4, 0.5) is 5.69 Å². The van der Waals surface area contributed by atoms with Gasteiger partial charge >= 0.3 is 0 Å². The fourth-order valence-electron chi connectivity index (χ4n) is 5.00. The molecule has 2 aliphatic rings. The Kier molecular flexibility index (Phi) is 7.62. The second-order valence-corrected chi connectivity index (χ2v) is 13.4. The predicted octanol–water partition coefficient (Wildman–Crippen LogP) is 4.03. The summed E-state index contributed by atoms with van der Waals surface area (Å²) in [4.78, 5) is 17.2. The van der Waals surface area contributed by atoms with Crippen LogP contribution in [0.5, 0.6) is 0 Å². The van der Waals surface area contributed by atoms with Crippen LogP contribution in [-0.4, -0.2) is 56.0 Å². The Morgan fingerprint density at radius 1 is 0.789 bits per heavy atom. The van der Waals surface area contributed by atoms with Crippen LogP contribution in [0.1, 0.15) is 54.1 Å². The highest BCUT2D eigenvalue weighted by molar-refractivity contribution is 7.89. The molecule has 9 nitrogen and oxygen atoms in total. The van der Waals surface area contributed by atoms with Crippen molar-refractivity contribution < 1.29 is 21.6 Å². The third-order valence-electron chi connectivity index (χ3n) is 7.06. The second kappa shape index (κ2) is 10.9. The lowest BCUT2D eigenvalue weighted by atomic mass is 9.99. The van der Waals surface area contributed by atoms with Crippen molar-refractivity contribution in [2.75, 3.05) is 25.0 Å². The van der Waals surface area contributed by atoms with Gasteiger partial charge in [0.05, 0.1) is 15.8 Å². The Morgan fingerprint density at radius 3 is 2.08 bits per heavy atom. The molecule has 1 aromatic heterocycles. The summed E-state index contributed by atoms with van der Waals surface area (Å²) in [5.41, 5.74) is 1.61. The molecule has 200 valence electrons. The molecule has 0 aliphatic carbocycles. The lowest BCUT2D eigenvalue weighted by molar-refractivity contribution is 0.102. The Balaban J connectivity index is 1.28. The summed E-state index contributed by atoms with van der Waals surface area (Å²) in [6.07, 6.45) is 7.56. The van der Waals surface area contributed by atoms with Crippen molar-refractivity contribution in [2.24, 2.45) is 0 Å². The van der Waals surface area contributed by atoms with Gasteiger partial charge < -0.3 is 5.32 Å². The van der Waals surface area contributed by atoms with E-state index in [9.17, 15) is 21.6 Å². The number of rotatable bonds is 7. The van der Waals surface area contributed by atoms with E-state index in [4.69, 9.17) is 0 Å². The first kappa shape index (κ1) is 26.5. The predicted molar refractivity (Wildman–Crippen MR) is 144 cm³/mol. The van der Waals surface area contributed by atoms with Gasteiger partial charge in [-0.25, -0.2) is 16.8 Å². The van der Waals surface area contributed by atoms with Crippen LogP contribution in [0.3, 0.4) is 0 Å². The minimum absolute atomic E-state index is 0.155. The highest BCUT2D eigenvalue weighted by Gasteiger charge is 2.34. The minimum atomic E-state index is -3.75. The maximum atomic E-state index is 13.5. The number of sulfonamides is 2. The third kappa shape index (κ3) is 5.37. The number of hydrogen-bond acceptors (Lipinski definition) is 6. The summed E-state index contributed by atoms with van der Waals surface area (Å²) in [5.74, 6) is -0.418. The summed E-state index contributed by atoms with van der Waals surface area (Å²) < 4.78 is 55.4. The molecule has 2 aliphatic heterocycles. The monoisotopic (exact) mass is 554 g/mol. The first-order valence-corrected chi connectivity index (χ1v) is 15.6. The van der Waals surface area contributed by atoms with Crippen LogP contribution in [0.15, 0.2) is 82.8 Å². The van der Waals surface area contributed by atoms with Crippen molar-refractivity contribution in [1.29, 1.82) is 0 Å². The first-order chi connectivity index (χ1) is 18.3. The fraction of sp³-hybridized carbons (Fsp3) is 0.333. The standard InChI is InChI=1S/C27H30N4O5S2/c32-27(21-8-12-24(13-9-21)37(33,34)30-17-3-4-18-30)29-23-10-14-25(15-11-23)38(35,36)31-19-2-1-7-26(31)22-6-5-16-28-20-22/h5-6,8-16,20,26H,1-4,7,17-19H2,(H,29,32)/t26-/m1/s1. The van der Waals surface area contributed by atoms with Gasteiger partial charge in [-0.1, -0.05) is 12.5 Å². The highest BCUT2D eigenvalue weighted by atomic mass is 32.2. The van der Waals surface area contributed by atoms with E-state index in [0.717, 1.165) is 37.7 Å². The Bertz CT molecular complexity index is 1490. The number of carbonyl (C=O) groups excluding carboxylic acids is 1. The normalized spacial score (nSPS) is 19.3. The molecular formula is C27H30N4O5S2. The number of carbonyl (C=O) groups is 1. The van der Waals surface area contributed by atoms with Crippen LogP contribution in [-0.2, 0) is 20.0 Å². The Hall–Kier alpha value is -3.12. The molecule has 0 saturated carbocycles. The Morgan fingerprint density at radius 2 is 1.42 bits per heavy atom. The molecule has 3 heterocycles. The van der Waals surface area contributed by atoms with Crippen LogP contribution in [0.25, 0.3) is 0 Å². The van der Waals surface area contributed by atoms with Gasteiger partial charge in [0.1, 0.15) is 0 Å². The molecule has 3 aromatic rings. The summed E-state index contributed by atoms with van der Waals surface area (Å²) in [6.45, 7) is 1.46. The van der Waals surface area contributed by atoms with Crippen molar-refractivity contribution in [3.05, 3.63) is 84.2 Å². The van der Waals surface area contributed by atoms with Gasteiger partial charge in [0.15, 0.2) is 0 Å². The van der Waals surface area contributed by atoms with Gasteiger partial charge in [-0.15, -0.1) is 0 Å². The maximum absolute atomic E-state index is 13.5. The number of benzene rings is 2. The highest BCUT2D eigenvalue weighted by Crippen LogP contribution is 2.35. The Labute approximate surface area is 223 Å². The SMILES string of the molecule is O=C(Nc1ccc(S(=O)(=O)N2CCCC[C@@H]2c2cccnc2)cc1)c1ccc(S(=O)(=O)N2CCCC2)cc1. The van der Waals surface area contributed by atoms with Crippen LogP contribution in [0, 0.1) is 0 Å². The zero-order chi connectivity index (χ0) is 26.8. The quantitative estimate of drug-likeness (QED) is 0.471. The van der Waals surface area contributed by atoms with Gasteiger partial charge in [0.25, 0.3) is 5.91 Å². The molecule has 1 atom stereocenters. The lowest BCUT2D eigenvalue weighted by Crippen LogP contribution is -2.38. The molecule has 2 fully saturated rings.